The highest BCUT2D eigenvalue weighted by Crippen LogP contribution is 2.39. The van der Waals surface area contributed by atoms with Crippen LogP contribution in [0.25, 0.3) is 0 Å². The lowest BCUT2D eigenvalue weighted by Crippen LogP contribution is -2.18. The fraction of sp³-hybridized carbons (Fsp3) is 0.409. The first-order valence-electron chi connectivity index (χ1n) is 8.74. The molecule has 0 spiro atoms. The molecule has 0 atom stereocenters. The summed E-state index contributed by atoms with van der Waals surface area (Å²) in [4.78, 5) is 0. The molecule has 134 valence electrons. The van der Waals surface area contributed by atoms with E-state index in [1.807, 2.05) is 37.3 Å². The van der Waals surface area contributed by atoms with Gasteiger partial charge in [-0.1, -0.05) is 59.7 Å². The third-order valence-corrected chi connectivity index (χ3v) is 4.27. The zero-order valence-corrected chi connectivity index (χ0v) is 16.4. The highest BCUT2D eigenvalue weighted by molar-refractivity contribution is 5.99. The van der Waals surface area contributed by atoms with Crippen LogP contribution in [0.15, 0.2) is 47.6 Å². The van der Waals surface area contributed by atoms with E-state index in [0.29, 0.717) is 5.75 Å². The largest absolute Gasteiger partial charge is 0.507 e. The standard InChI is InChI=1S/C22H30N2O/c1-15(23-24-17-11-9-8-10-12-17)16-13-18(21(2,3)4)20(25)19(14-16)22(5,6)7/h8-14,24-25H,1-7H3. The van der Waals surface area contributed by atoms with E-state index in [4.69, 9.17) is 0 Å². The van der Waals surface area contributed by atoms with Gasteiger partial charge >= 0.3 is 0 Å². The Morgan fingerprint density at radius 2 is 1.36 bits per heavy atom. The Morgan fingerprint density at radius 3 is 1.80 bits per heavy atom. The van der Waals surface area contributed by atoms with Crippen LogP contribution >= 0.6 is 0 Å². The van der Waals surface area contributed by atoms with E-state index < -0.39 is 0 Å². The second kappa shape index (κ2) is 6.91. The molecule has 0 saturated heterocycles. The van der Waals surface area contributed by atoms with E-state index in [9.17, 15) is 5.11 Å². The van der Waals surface area contributed by atoms with Crippen LogP contribution in [-0.2, 0) is 10.8 Å². The van der Waals surface area contributed by atoms with Gasteiger partial charge in [0.15, 0.2) is 0 Å². The number of benzene rings is 2. The van der Waals surface area contributed by atoms with Crippen molar-refractivity contribution in [3.05, 3.63) is 59.2 Å². The summed E-state index contributed by atoms with van der Waals surface area (Å²) < 4.78 is 0. The van der Waals surface area contributed by atoms with Crippen molar-refractivity contribution in [2.75, 3.05) is 5.43 Å². The summed E-state index contributed by atoms with van der Waals surface area (Å²) in [6.07, 6.45) is 0. The van der Waals surface area contributed by atoms with Gasteiger partial charge < -0.3 is 5.11 Å². The zero-order valence-electron chi connectivity index (χ0n) is 16.4. The number of nitrogens with one attached hydrogen (secondary N) is 1. The number of aromatic hydroxyl groups is 1. The molecule has 25 heavy (non-hydrogen) atoms. The molecule has 3 heteroatoms. The summed E-state index contributed by atoms with van der Waals surface area (Å²) in [5, 5.41) is 15.3. The first-order valence-corrected chi connectivity index (χ1v) is 8.74. The smallest absolute Gasteiger partial charge is 0.123 e. The van der Waals surface area contributed by atoms with Crippen LogP contribution in [0.2, 0.25) is 0 Å². The predicted molar refractivity (Wildman–Crippen MR) is 108 cm³/mol. The van der Waals surface area contributed by atoms with Gasteiger partial charge in [-0.3, -0.25) is 5.43 Å². The number of phenolic OH excluding ortho intramolecular Hbond substituents is 1. The minimum absolute atomic E-state index is 0.146. The van der Waals surface area contributed by atoms with E-state index in [1.165, 1.54) is 0 Å². The van der Waals surface area contributed by atoms with E-state index in [-0.39, 0.29) is 10.8 Å². The molecule has 2 rings (SSSR count). The number of phenols is 1. The number of hydrogen-bond acceptors (Lipinski definition) is 3. The highest BCUT2D eigenvalue weighted by Gasteiger charge is 2.26. The minimum atomic E-state index is -0.146. The van der Waals surface area contributed by atoms with Crippen LogP contribution in [0.4, 0.5) is 5.69 Å². The molecular formula is C22H30N2O. The van der Waals surface area contributed by atoms with Gasteiger partial charge in [-0.2, -0.15) is 5.10 Å². The molecule has 0 unspecified atom stereocenters. The van der Waals surface area contributed by atoms with Gasteiger partial charge in [0.2, 0.25) is 0 Å². The van der Waals surface area contributed by atoms with E-state index in [1.54, 1.807) is 0 Å². The Labute approximate surface area is 151 Å². The first-order chi connectivity index (χ1) is 11.5. The monoisotopic (exact) mass is 338 g/mol. The maximum atomic E-state index is 10.8. The molecule has 0 aliphatic rings. The Kier molecular flexibility index (Phi) is 5.26. The fourth-order valence-corrected chi connectivity index (χ4v) is 2.71. The van der Waals surface area contributed by atoms with Gasteiger partial charge in [0.1, 0.15) is 5.75 Å². The van der Waals surface area contributed by atoms with Crippen LogP contribution in [0.5, 0.6) is 5.75 Å². The molecule has 2 aromatic rings. The molecule has 3 nitrogen and oxygen atoms in total. The lowest BCUT2D eigenvalue weighted by Gasteiger charge is -2.28. The molecule has 0 saturated carbocycles. The van der Waals surface area contributed by atoms with Crippen molar-refractivity contribution < 1.29 is 5.11 Å². The quantitative estimate of drug-likeness (QED) is 0.547. The van der Waals surface area contributed by atoms with Crippen molar-refractivity contribution in [2.24, 2.45) is 5.10 Å². The molecule has 0 bridgehead atoms. The zero-order chi connectivity index (χ0) is 18.8. The maximum absolute atomic E-state index is 10.8. The summed E-state index contributed by atoms with van der Waals surface area (Å²) in [7, 11) is 0. The molecule has 2 N–H and O–H groups in total. The van der Waals surface area contributed by atoms with Crippen molar-refractivity contribution in [1.82, 2.24) is 0 Å². The van der Waals surface area contributed by atoms with Crippen LogP contribution in [-0.4, -0.2) is 10.8 Å². The van der Waals surface area contributed by atoms with Gasteiger partial charge in [0.25, 0.3) is 0 Å². The third-order valence-electron chi connectivity index (χ3n) is 4.27. The van der Waals surface area contributed by atoms with E-state index >= 15 is 0 Å². The Balaban J connectivity index is 2.50. The molecule has 0 aliphatic carbocycles. The Hall–Kier alpha value is -2.29. The molecule has 0 aliphatic heterocycles. The summed E-state index contributed by atoms with van der Waals surface area (Å²) in [6.45, 7) is 14.7. The average Bonchev–Trinajstić information content (AvgIpc) is 2.51. The fourth-order valence-electron chi connectivity index (χ4n) is 2.71. The van der Waals surface area contributed by atoms with Crippen molar-refractivity contribution in [3.8, 4) is 5.75 Å². The summed E-state index contributed by atoms with van der Waals surface area (Å²) in [5.74, 6) is 0.396. The number of rotatable bonds is 3. The topological polar surface area (TPSA) is 44.6 Å². The van der Waals surface area contributed by atoms with E-state index in [2.05, 4.69) is 64.2 Å². The normalized spacial score (nSPS) is 13.0. The van der Waals surface area contributed by atoms with Gasteiger partial charge in [0, 0.05) is 11.1 Å². The molecule has 0 heterocycles. The van der Waals surface area contributed by atoms with Crippen molar-refractivity contribution in [2.45, 2.75) is 59.3 Å². The molecule has 0 fully saturated rings. The lowest BCUT2D eigenvalue weighted by atomic mass is 9.78. The van der Waals surface area contributed by atoms with Crippen molar-refractivity contribution in [3.63, 3.8) is 0 Å². The van der Waals surface area contributed by atoms with Crippen LogP contribution in [0, 0.1) is 0 Å². The minimum Gasteiger partial charge on any atom is -0.507 e. The Morgan fingerprint density at radius 1 is 0.880 bits per heavy atom. The average molecular weight is 338 g/mol. The number of hydrogen-bond donors (Lipinski definition) is 2. The molecule has 2 aromatic carbocycles. The number of anilines is 1. The number of para-hydroxylation sites is 1. The van der Waals surface area contributed by atoms with Crippen LogP contribution < -0.4 is 5.43 Å². The van der Waals surface area contributed by atoms with Crippen LogP contribution in [0.3, 0.4) is 0 Å². The molecule has 0 amide bonds. The number of nitrogens with zero attached hydrogens (tertiary/aromatic N) is 1. The second-order valence-corrected chi connectivity index (χ2v) is 8.60. The highest BCUT2D eigenvalue weighted by atomic mass is 16.3. The van der Waals surface area contributed by atoms with Crippen molar-refractivity contribution in [1.29, 1.82) is 0 Å². The number of hydrazone groups is 1. The molecule has 0 radical (unpaired) electrons. The summed E-state index contributed by atoms with van der Waals surface area (Å²) >= 11 is 0. The van der Waals surface area contributed by atoms with Gasteiger partial charge in [-0.05, 0) is 47.6 Å². The maximum Gasteiger partial charge on any atom is 0.123 e. The second-order valence-electron chi connectivity index (χ2n) is 8.60. The molecular weight excluding hydrogens is 308 g/mol. The third kappa shape index (κ3) is 4.62. The summed E-state index contributed by atoms with van der Waals surface area (Å²) in [6, 6.07) is 14.0. The SMILES string of the molecule is CC(=NNc1ccccc1)c1cc(C(C)(C)C)c(O)c(C(C)(C)C)c1. The van der Waals surface area contributed by atoms with Gasteiger partial charge in [-0.15, -0.1) is 0 Å². The Bertz CT molecular complexity index is 728. The van der Waals surface area contributed by atoms with Crippen LogP contribution in [0.1, 0.15) is 65.2 Å². The first kappa shape index (κ1) is 19.0. The molecule has 0 aromatic heterocycles. The van der Waals surface area contributed by atoms with Gasteiger partial charge in [-0.25, -0.2) is 0 Å². The lowest BCUT2D eigenvalue weighted by molar-refractivity contribution is 0.423. The van der Waals surface area contributed by atoms with Gasteiger partial charge in [0.05, 0.1) is 11.4 Å². The van der Waals surface area contributed by atoms with E-state index in [0.717, 1.165) is 28.1 Å². The summed E-state index contributed by atoms with van der Waals surface area (Å²) in [5.41, 5.74) is 7.57. The predicted octanol–water partition coefficient (Wildman–Crippen LogP) is 5.82. The van der Waals surface area contributed by atoms with Crippen molar-refractivity contribution >= 4 is 11.4 Å².